The molecule has 1 heterocycles. The zero-order valence-electron chi connectivity index (χ0n) is 14.0. The quantitative estimate of drug-likeness (QED) is 0.548. The van der Waals surface area contributed by atoms with E-state index >= 15 is 0 Å². The average Bonchev–Trinajstić information content (AvgIpc) is 2.55. The average molecular weight is 279 g/mol. The van der Waals surface area contributed by atoms with Gasteiger partial charge in [0.25, 0.3) is 0 Å². The van der Waals surface area contributed by atoms with Gasteiger partial charge in [0.05, 0.1) is 19.0 Å². The first-order chi connectivity index (χ1) is 9.18. The molecule has 0 spiro atoms. The Labute approximate surface area is 126 Å². The van der Waals surface area contributed by atoms with Crippen LogP contribution in [0.15, 0.2) is 0 Å². The third kappa shape index (κ3) is 4.02. The minimum Gasteiger partial charge on any atom is -0.403 e. The molecule has 1 saturated heterocycles. The van der Waals surface area contributed by atoms with Crippen LogP contribution in [0.4, 0.5) is 0 Å². The highest BCUT2D eigenvalue weighted by molar-refractivity contribution is 6.60. The lowest BCUT2D eigenvalue weighted by Gasteiger charge is -2.32. The second kappa shape index (κ2) is 6.85. The van der Waals surface area contributed by atoms with E-state index in [1.807, 2.05) is 0 Å². The van der Waals surface area contributed by atoms with Gasteiger partial charge in [0.15, 0.2) is 0 Å². The van der Waals surface area contributed by atoms with Gasteiger partial charge in [-0.3, -0.25) is 0 Å². The van der Waals surface area contributed by atoms with Crippen LogP contribution in [0.5, 0.6) is 0 Å². The van der Waals surface area contributed by atoms with Gasteiger partial charge in [-0.1, -0.05) is 39.0 Å². The zero-order valence-corrected chi connectivity index (χ0v) is 14.0. The summed E-state index contributed by atoms with van der Waals surface area (Å²) in [6.07, 6.45) is 6.16. The monoisotopic (exact) mass is 279 g/mol. The van der Waals surface area contributed by atoms with Crippen molar-refractivity contribution in [3.63, 3.8) is 0 Å². The van der Waals surface area contributed by atoms with E-state index in [9.17, 15) is 0 Å². The topological polar surface area (TPSA) is 44.5 Å². The molecule has 1 atom stereocenters. The number of unbranched alkanes of at least 4 members (excludes halogenated alkanes) is 2. The van der Waals surface area contributed by atoms with Crippen molar-refractivity contribution >= 4 is 15.0 Å². The molecule has 0 amide bonds. The molecule has 0 aromatic carbocycles. The molecule has 3 nitrogen and oxygen atoms in total. The van der Waals surface area contributed by atoms with Gasteiger partial charge in [-0.2, -0.15) is 0 Å². The van der Waals surface area contributed by atoms with Crippen LogP contribution in [-0.2, 0) is 9.31 Å². The van der Waals surface area contributed by atoms with E-state index in [0.717, 1.165) is 45.1 Å². The molecule has 1 fully saturated rings. The summed E-state index contributed by atoms with van der Waals surface area (Å²) in [5.74, 6) is 0. The Hall–Kier alpha value is 0.00987. The lowest BCUT2D eigenvalue weighted by Crippen LogP contribution is -2.41. The third-order valence-electron chi connectivity index (χ3n) is 4.78. The third-order valence-corrected chi connectivity index (χ3v) is 4.78. The summed E-state index contributed by atoms with van der Waals surface area (Å²) in [5.41, 5.74) is 4.93. The number of nitrogens with two attached hydrogens (primary N) is 1. The Kier molecular flexibility index (Phi) is 6.18. The van der Waals surface area contributed by atoms with Crippen LogP contribution in [0.1, 0.15) is 73.1 Å². The van der Waals surface area contributed by atoms with Gasteiger partial charge in [0, 0.05) is 0 Å². The smallest absolute Gasteiger partial charge is 0.403 e. The van der Waals surface area contributed by atoms with Gasteiger partial charge in [0.1, 0.15) is 0 Å². The maximum Gasteiger partial charge on any atom is 0.455 e. The van der Waals surface area contributed by atoms with Crippen LogP contribution in [0.25, 0.3) is 0 Å². The lowest BCUT2D eigenvalue weighted by atomic mass is 9.42. The van der Waals surface area contributed by atoms with Gasteiger partial charge in [-0.15, -0.1) is 0 Å². The molecule has 1 rings (SSSR count). The number of hydrogen-bond acceptors (Lipinski definition) is 3. The van der Waals surface area contributed by atoms with Gasteiger partial charge >= 0.3 is 7.12 Å². The Morgan fingerprint density at radius 3 is 2.00 bits per heavy atom. The summed E-state index contributed by atoms with van der Waals surface area (Å²) in [4.78, 5) is 0. The van der Waals surface area contributed by atoms with E-state index in [-0.39, 0.29) is 18.3 Å². The van der Waals surface area contributed by atoms with Crippen molar-refractivity contribution in [3.05, 3.63) is 0 Å². The van der Waals surface area contributed by atoms with Crippen LogP contribution < -0.4 is 5.73 Å². The van der Waals surface area contributed by atoms with E-state index in [4.69, 9.17) is 22.9 Å². The minimum atomic E-state index is -0.394. The molecule has 0 saturated carbocycles. The summed E-state index contributed by atoms with van der Waals surface area (Å²) in [6, 6.07) is 0. The molecule has 2 radical (unpaired) electrons. The lowest BCUT2D eigenvalue weighted by molar-refractivity contribution is 0.00578. The van der Waals surface area contributed by atoms with Crippen molar-refractivity contribution in [2.45, 2.75) is 89.6 Å². The highest BCUT2D eigenvalue weighted by Gasteiger charge is 2.56. The Balaban J connectivity index is 2.71. The Morgan fingerprint density at radius 2 is 1.55 bits per heavy atom. The van der Waals surface area contributed by atoms with Crippen molar-refractivity contribution in [1.82, 2.24) is 0 Å². The van der Waals surface area contributed by atoms with Crippen molar-refractivity contribution in [2.24, 2.45) is 5.73 Å². The first kappa shape index (κ1) is 18.1. The summed E-state index contributed by atoms with van der Waals surface area (Å²) in [7, 11) is 6.34. The van der Waals surface area contributed by atoms with Gasteiger partial charge in [-0.05, 0) is 45.9 Å². The van der Waals surface area contributed by atoms with Crippen molar-refractivity contribution in [1.29, 1.82) is 0 Å². The zero-order chi connectivity index (χ0) is 15.4. The number of hydrogen-bond donors (Lipinski definition) is 1. The number of rotatable bonds is 8. The maximum atomic E-state index is 6.66. The maximum absolute atomic E-state index is 6.66. The van der Waals surface area contributed by atoms with E-state index in [1.54, 1.807) is 0 Å². The SMILES string of the molecule is [B]C(CCC)(CCCCCN)B1OC(C)(C)C(C)(C)O1. The predicted molar refractivity (Wildman–Crippen MR) is 87.0 cm³/mol. The van der Waals surface area contributed by atoms with E-state index in [1.165, 1.54) is 0 Å². The second-order valence-electron chi connectivity index (χ2n) is 7.17. The van der Waals surface area contributed by atoms with Crippen LogP contribution in [0, 0.1) is 0 Å². The molecule has 1 unspecified atom stereocenters. The summed E-state index contributed by atoms with van der Waals surface area (Å²) >= 11 is 0. The summed E-state index contributed by atoms with van der Waals surface area (Å²) < 4.78 is 12.3. The van der Waals surface area contributed by atoms with E-state index < -0.39 is 5.21 Å². The molecular formula is C15H31B2NO2. The van der Waals surface area contributed by atoms with Gasteiger partial charge in [0.2, 0.25) is 0 Å². The minimum absolute atomic E-state index is 0.312. The Morgan fingerprint density at radius 1 is 1.00 bits per heavy atom. The van der Waals surface area contributed by atoms with Crippen LogP contribution in [0.2, 0.25) is 5.21 Å². The van der Waals surface area contributed by atoms with Crippen LogP contribution in [0.3, 0.4) is 0 Å². The first-order valence-corrected chi connectivity index (χ1v) is 8.03. The molecule has 1 aliphatic rings. The van der Waals surface area contributed by atoms with Gasteiger partial charge < -0.3 is 15.0 Å². The molecule has 20 heavy (non-hydrogen) atoms. The molecule has 0 aromatic rings. The highest BCUT2D eigenvalue weighted by Crippen LogP contribution is 2.48. The second-order valence-corrected chi connectivity index (χ2v) is 7.17. The fourth-order valence-corrected chi connectivity index (χ4v) is 2.68. The van der Waals surface area contributed by atoms with E-state index in [0.29, 0.717) is 0 Å². The normalized spacial score (nSPS) is 23.8. The summed E-state index contributed by atoms with van der Waals surface area (Å²) in [6.45, 7) is 11.2. The highest BCUT2D eigenvalue weighted by atomic mass is 16.7. The molecular weight excluding hydrogens is 248 g/mol. The molecule has 2 N–H and O–H groups in total. The fourth-order valence-electron chi connectivity index (χ4n) is 2.68. The first-order valence-electron chi connectivity index (χ1n) is 8.03. The van der Waals surface area contributed by atoms with Crippen molar-refractivity contribution in [3.8, 4) is 0 Å². The summed E-state index contributed by atoms with van der Waals surface area (Å²) in [5, 5.41) is -0.394. The van der Waals surface area contributed by atoms with Gasteiger partial charge in [-0.25, -0.2) is 0 Å². The van der Waals surface area contributed by atoms with E-state index in [2.05, 4.69) is 34.6 Å². The standard InChI is InChI=1S/C15H31B2NO2/c1-6-10-15(16,11-8-7-9-12-18)17-19-13(2,3)14(4,5)20-17/h6-12,18H2,1-5H3. The molecule has 0 aromatic heterocycles. The molecule has 0 bridgehead atoms. The molecule has 1 aliphatic heterocycles. The largest absolute Gasteiger partial charge is 0.455 e. The molecule has 0 aliphatic carbocycles. The van der Waals surface area contributed by atoms with Crippen LogP contribution >= 0.6 is 0 Å². The molecule has 5 heteroatoms. The molecule has 114 valence electrons. The fraction of sp³-hybridized carbons (Fsp3) is 1.00. The van der Waals surface area contributed by atoms with Crippen molar-refractivity contribution in [2.75, 3.05) is 6.54 Å². The van der Waals surface area contributed by atoms with Crippen molar-refractivity contribution < 1.29 is 9.31 Å². The van der Waals surface area contributed by atoms with Crippen LogP contribution in [-0.4, -0.2) is 32.7 Å². The predicted octanol–water partition coefficient (Wildman–Crippen LogP) is 3.26. The Bertz CT molecular complexity index is 294.